The van der Waals surface area contributed by atoms with Gasteiger partial charge in [0.15, 0.2) is 0 Å². The fourth-order valence-electron chi connectivity index (χ4n) is 2.55. The molecule has 3 rings (SSSR count). The molecule has 0 radical (unpaired) electrons. The molecule has 1 aromatic heterocycles. The van der Waals surface area contributed by atoms with Crippen molar-refractivity contribution in [3.63, 3.8) is 0 Å². The Balaban J connectivity index is 1.85. The number of anilines is 1. The van der Waals surface area contributed by atoms with Crippen LogP contribution in [-0.2, 0) is 0 Å². The van der Waals surface area contributed by atoms with Crippen molar-refractivity contribution in [3.05, 3.63) is 48.7 Å². The SMILES string of the molecule is C=Cc1ccc(-c2nnc(N(CCCC)C3=NC=CCC3)s2)cc1. The zero-order valence-electron chi connectivity index (χ0n) is 14.0. The highest BCUT2D eigenvalue weighted by atomic mass is 32.1. The Hall–Kier alpha value is -2.27. The van der Waals surface area contributed by atoms with E-state index in [-0.39, 0.29) is 0 Å². The van der Waals surface area contributed by atoms with Crippen molar-refractivity contribution in [1.82, 2.24) is 10.2 Å². The lowest BCUT2D eigenvalue weighted by Crippen LogP contribution is -2.32. The number of aliphatic imine (C=N–C) groups is 1. The molecular weight excluding hydrogens is 316 g/mol. The Labute approximate surface area is 147 Å². The van der Waals surface area contributed by atoms with E-state index in [1.807, 2.05) is 24.4 Å². The third-order valence-corrected chi connectivity index (χ3v) is 4.94. The van der Waals surface area contributed by atoms with E-state index in [0.717, 1.165) is 59.3 Å². The molecule has 0 unspecified atom stereocenters. The Morgan fingerprint density at radius 3 is 2.75 bits per heavy atom. The van der Waals surface area contributed by atoms with Gasteiger partial charge in [-0.2, -0.15) is 0 Å². The Morgan fingerprint density at radius 1 is 1.25 bits per heavy atom. The predicted octanol–water partition coefficient (Wildman–Crippen LogP) is 5.16. The molecule has 2 heterocycles. The minimum atomic E-state index is 0.931. The second kappa shape index (κ2) is 8.02. The molecule has 0 aliphatic carbocycles. The molecule has 1 aliphatic heterocycles. The molecule has 0 bridgehead atoms. The number of unbranched alkanes of at least 4 members (excludes halogenated alkanes) is 1. The zero-order valence-corrected chi connectivity index (χ0v) is 14.8. The number of aromatic nitrogens is 2. The average Bonchev–Trinajstić information content (AvgIpc) is 3.13. The van der Waals surface area contributed by atoms with Crippen LogP contribution in [0.4, 0.5) is 5.13 Å². The van der Waals surface area contributed by atoms with Crippen molar-refractivity contribution >= 4 is 28.4 Å². The molecule has 24 heavy (non-hydrogen) atoms. The van der Waals surface area contributed by atoms with Crippen LogP contribution < -0.4 is 4.90 Å². The highest BCUT2D eigenvalue weighted by Crippen LogP contribution is 2.30. The molecule has 0 saturated carbocycles. The molecule has 0 amide bonds. The van der Waals surface area contributed by atoms with Crippen molar-refractivity contribution in [2.75, 3.05) is 11.4 Å². The maximum atomic E-state index is 4.55. The Morgan fingerprint density at radius 2 is 2.08 bits per heavy atom. The van der Waals surface area contributed by atoms with Gasteiger partial charge in [-0.3, -0.25) is 0 Å². The third-order valence-electron chi connectivity index (χ3n) is 3.95. The third kappa shape index (κ3) is 3.79. The standard InChI is InChI=1S/C19H22N4S/c1-3-5-14-23(17-8-6-7-13-20-17)19-22-21-18(24-19)16-11-9-15(4-2)10-12-16/h4,7,9-13H,2-3,5-6,8,14H2,1H3. The van der Waals surface area contributed by atoms with Gasteiger partial charge in [0.05, 0.1) is 0 Å². The van der Waals surface area contributed by atoms with Gasteiger partial charge in [0.1, 0.15) is 10.8 Å². The summed E-state index contributed by atoms with van der Waals surface area (Å²) < 4.78 is 0. The lowest BCUT2D eigenvalue weighted by molar-refractivity contribution is 0.781. The fraction of sp³-hybridized carbons (Fsp3) is 0.316. The van der Waals surface area contributed by atoms with Crippen LogP contribution in [-0.4, -0.2) is 22.6 Å². The van der Waals surface area contributed by atoms with Crippen LogP contribution in [0.25, 0.3) is 16.6 Å². The molecule has 1 aliphatic rings. The summed E-state index contributed by atoms with van der Waals surface area (Å²) in [5.41, 5.74) is 2.20. The quantitative estimate of drug-likeness (QED) is 0.730. The highest BCUT2D eigenvalue weighted by Gasteiger charge is 2.19. The number of benzene rings is 1. The minimum absolute atomic E-state index is 0.931. The molecule has 0 atom stereocenters. The van der Waals surface area contributed by atoms with Crippen LogP contribution in [0.1, 0.15) is 38.2 Å². The normalized spacial score (nSPS) is 13.6. The number of nitrogens with zero attached hydrogens (tertiary/aromatic N) is 4. The molecule has 124 valence electrons. The van der Waals surface area contributed by atoms with Gasteiger partial charge < -0.3 is 4.90 Å². The summed E-state index contributed by atoms with van der Waals surface area (Å²) in [6, 6.07) is 8.24. The van der Waals surface area contributed by atoms with Gasteiger partial charge in [0, 0.05) is 24.7 Å². The smallest absolute Gasteiger partial charge is 0.213 e. The first-order valence-corrected chi connectivity index (χ1v) is 9.19. The summed E-state index contributed by atoms with van der Waals surface area (Å²) in [5, 5.41) is 10.7. The largest absolute Gasteiger partial charge is 0.304 e. The van der Waals surface area contributed by atoms with E-state index in [2.05, 4.69) is 51.8 Å². The number of rotatable bonds is 6. The predicted molar refractivity (Wildman–Crippen MR) is 103 cm³/mol. The monoisotopic (exact) mass is 338 g/mol. The first-order chi connectivity index (χ1) is 11.8. The van der Waals surface area contributed by atoms with Crippen molar-refractivity contribution in [2.24, 2.45) is 4.99 Å². The van der Waals surface area contributed by atoms with Crippen molar-refractivity contribution in [3.8, 4) is 10.6 Å². The summed E-state index contributed by atoms with van der Waals surface area (Å²) >= 11 is 1.62. The van der Waals surface area contributed by atoms with E-state index in [1.165, 1.54) is 0 Å². The highest BCUT2D eigenvalue weighted by molar-refractivity contribution is 7.18. The molecule has 0 N–H and O–H groups in total. The Kier molecular flexibility index (Phi) is 5.54. The fourth-order valence-corrected chi connectivity index (χ4v) is 3.45. The van der Waals surface area contributed by atoms with Crippen molar-refractivity contribution < 1.29 is 0 Å². The maximum absolute atomic E-state index is 4.55. The molecule has 0 fully saturated rings. The van der Waals surface area contributed by atoms with Gasteiger partial charge >= 0.3 is 0 Å². The van der Waals surface area contributed by atoms with E-state index in [1.54, 1.807) is 11.3 Å². The van der Waals surface area contributed by atoms with E-state index < -0.39 is 0 Å². The number of hydrogen-bond donors (Lipinski definition) is 0. The minimum Gasteiger partial charge on any atom is -0.304 e. The van der Waals surface area contributed by atoms with Gasteiger partial charge in [-0.05, 0) is 18.4 Å². The van der Waals surface area contributed by atoms with Gasteiger partial charge in [0.25, 0.3) is 0 Å². The lowest BCUT2D eigenvalue weighted by atomic mass is 10.1. The first-order valence-electron chi connectivity index (χ1n) is 8.37. The molecule has 4 nitrogen and oxygen atoms in total. The first kappa shape index (κ1) is 16.6. The van der Waals surface area contributed by atoms with Crippen LogP contribution in [0, 0.1) is 0 Å². The maximum Gasteiger partial charge on any atom is 0.213 e. The second-order valence-electron chi connectivity index (χ2n) is 5.69. The van der Waals surface area contributed by atoms with E-state index >= 15 is 0 Å². The Bertz CT molecular complexity index is 743. The van der Waals surface area contributed by atoms with Crippen molar-refractivity contribution in [2.45, 2.75) is 32.6 Å². The number of amidine groups is 1. The van der Waals surface area contributed by atoms with Gasteiger partial charge in [-0.1, -0.05) is 67.7 Å². The molecule has 0 spiro atoms. The molecule has 0 saturated heterocycles. The van der Waals surface area contributed by atoms with Crippen LogP contribution >= 0.6 is 11.3 Å². The van der Waals surface area contributed by atoms with Gasteiger partial charge in [0.2, 0.25) is 5.13 Å². The molecule has 2 aromatic rings. The number of hydrogen-bond acceptors (Lipinski definition) is 5. The van der Waals surface area contributed by atoms with Crippen LogP contribution in [0.3, 0.4) is 0 Å². The lowest BCUT2D eigenvalue weighted by Gasteiger charge is -2.23. The molecular formula is C19H22N4S. The summed E-state index contributed by atoms with van der Waals surface area (Å²) in [6.07, 6.45) is 10.1. The van der Waals surface area contributed by atoms with Gasteiger partial charge in [-0.15, -0.1) is 10.2 Å². The summed E-state index contributed by atoms with van der Waals surface area (Å²) in [7, 11) is 0. The average molecular weight is 338 g/mol. The van der Waals surface area contributed by atoms with Crippen LogP contribution in [0.15, 0.2) is 48.1 Å². The van der Waals surface area contributed by atoms with Crippen LogP contribution in [0.5, 0.6) is 0 Å². The number of allylic oxidation sites excluding steroid dienone is 1. The summed E-state index contributed by atoms with van der Waals surface area (Å²) in [6.45, 7) is 6.93. The van der Waals surface area contributed by atoms with Gasteiger partial charge in [-0.25, -0.2) is 4.99 Å². The topological polar surface area (TPSA) is 41.4 Å². The van der Waals surface area contributed by atoms with E-state index in [0.29, 0.717) is 0 Å². The van der Waals surface area contributed by atoms with E-state index in [4.69, 9.17) is 0 Å². The second-order valence-corrected chi connectivity index (χ2v) is 6.65. The molecule has 1 aromatic carbocycles. The zero-order chi connectivity index (χ0) is 16.8. The van der Waals surface area contributed by atoms with Crippen LogP contribution in [0.2, 0.25) is 0 Å². The van der Waals surface area contributed by atoms with E-state index in [9.17, 15) is 0 Å². The summed E-state index contributed by atoms with van der Waals surface area (Å²) in [5.74, 6) is 1.09. The molecule has 5 heteroatoms. The van der Waals surface area contributed by atoms with Crippen molar-refractivity contribution in [1.29, 1.82) is 0 Å². The summed E-state index contributed by atoms with van der Waals surface area (Å²) in [4.78, 5) is 6.78.